The lowest BCUT2D eigenvalue weighted by molar-refractivity contribution is -0.233. The second kappa shape index (κ2) is 7.48. The van der Waals surface area contributed by atoms with Crippen LogP contribution >= 0.6 is 0 Å². The lowest BCUT2D eigenvalue weighted by Crippen LogP contribution is -2.40. The van der Waals surface area contributed by atoms with Gasteiger partial charge in [-0.25, -0.2) is 0 Å². The Balaban J connectivity index is 2.88. The van der Waals surface area contributed by atoms with E-state index in [0.29, 0.717) is 0 Å². The predicted molar refractivity (Wildman–Crippen MR) is 74.8 cm³/mol. The number of carbonyl (C=O) groups excluding carboxylic acids is 1. The molecule has 0 aromatic heterocycles. The van der Waals surface area contributed by atoms with Gasteiger partial charge >= 0.3 is 12.1 Å². The van der Waals surface area contributed by atoms with Crippen molar-refractivity contribution in [1.29, 1.82) is 0 Å². The zero-order valence-corrected chi connectivity index (χ0v) is 12.4. The van der Waals surface area contributed by atoms with Gasteiger partial charge in [0.05, 0.1) is 18.4 Å². The fourth-order valence-corrected chi connectivity index (χ4v) is 2.35. The SMILES string of the molecule is CCOC(=O)CC(CC)(CCc1ccccc1)C(F)(F)F. The van der Waals surface area contributed by atoms with Crippen LogP contribution in [-0.4, -0.2) is 18.8 Å². The molecule has 0 amide bonds. The van der Waals surface area contributed by atoms with Crippen LogP contribution in [0.25, 0.3) is 0 Å². The third-order valence-corrected chi connectivity index (χ3v) is 3.80. The molecule has 0 N–H and O–H groups in total. The average Bonchev–Trinajstić information content (AvgIpc) is 2.43. The average molecular weight is 302 g/mol. The molecule has 0 saturated heterocycles. The summed E-state index contributed by atoms with van der Waals surface area (Å²) in [5.41, 5.74) is -1.18. The molecule has 0 bridgehead atoms. The van der Waals surface area contributed by atoms with E-state index in [9.17, 15) is 18.0 Å². The summed E-state index contributed by atoms with van der Waals surface area (Å²) in [5.74, 6) is -0.787. The number of rotatable bonds is 7. The molecule has 1 aromatic rings. The molecule has 1 aromatic carbocycles. The second-order valence-electron chi connectivity index (χ2n) is 5.10. The number of benzene rings is 1. The topological polar surface area (TPSA) is 26.3 Å². The van der Waals surface area contributed by atoms with Crippen LogP contribution in [0.5, 0.6) is 0 Å². The zero-order valence-electron chi connectivity index (χ0n) is 12.4. The quantitative estimate of drug-likeness (QED) is 0.692. The maximum atomic E-state index is 13.5. The van der Waals surface area contributed by atoms with E-state index in [4.69, 9.17) is 4.74 Å². The summed E-state index contributed by atoms with van der Waals surface area (Å²) in [6, 6.07) is 8.99. The highest BCUT2D eigenvalue weighted by Crippen LogP contribution is 2.47. The molecule has 1 unspecified atom stereocenters. The predicted octanol–water partition coefficient (Wildman–Crippen LogP) is 4.53. The van der Waals surface area contributed by atoms with Gasteiger partial charge in [-0.1, -0.05) is 37.3 Å². The van der Waals surface area contributed by atoms with E-state index in [1.54, 1.807) is 31.2 Å². The van der Waals surface area contributed by atoms with Gasteiger partial charge in [0, 0.05) is 0 Å². The van der Waals surface area contributed by atoms with Gasteiger partial charge < -0.3 is 4.74 Å². The van der Waals surface area contributed by atoms with E-state index in [1.165, 1.54) is 6.92 Å². The Labute approximate surface area is 123 Å². The Hall–Kier alpha value is -1.52. The molecule has 0 aliphatic heterocycles. The van der Waals surface area contributed by atoms with Crippen LogP contribution < -0.4 is 0 Å². The third kappa shape index (κ3) is 4.76. The second-order valence-corrected chi connectivity index (χ2v) is 5.10. The molecule has 5 heteroatoms. The lowest BCUT2D eigenvalue weighted by Gasteiger charge is -2.34. The first-order valence-corrected chi connectivity index (χ1v) is 7.11. The Morgan fingerprint density at radius 1 is 1.14 bits per heavy atom. The van der Waals surface area contributed by atoms with Crippen LogP contribution in [0.4, 0.5) is 13.2 Å². The van der Waals surface area contributed by atoms with Crippen molar-refractivity contribution < 1.29 is 22.7 Å². The van der Waals surface area contributed by atoms with Crippen molar-refractivity contribution in [2.24, 2.45) is 5.41 Å². The summed E-state index contributed by atoms with van der Waals surface area (Å²) in [4.78, 5) is 11.6. The number of hydrogen-bond acceptors (Lipinski definition) is 2. The number of ether oxygens (including phenoxy) is 1. The first kappa shape index (κ1) is 17.5. The van der Waals surface area contributed by atoms with Gasteiger partial charge in [-0.3, -0.25) is 4.79 Å². The van der Waals surface area contributed by atoms with E-state index >= 15 is 0 Å². The largest absolute Gasteiger partial charge is 0.466 e. The van der Waals surface area contributed by atoms with Gasteiger partial charge in [0.1, 0.15) is 0 Å². The molecule has 0 fully saturated rings. The molecule has 118 valence electrons. The molecule has 0 aliphatic rings. The van der Waals surface area contributed by atoms with Crippen LogP contribution in [-0.2, 0) is 16.0 Å². The molecule has 2 nitrogen and oxygen atoms in total. The molecular formula is C16H21F3O2. The van der Waals surface area contributed by atoms with Crippen molar-refractivity contribution in [2.45, 2.75) is 45.7 Å². The van der Waals surface area contributed by atoms with Gasteiger partial charge in [0.2, 0.25) is 0 Å². The summed E-state index contributed by atoms with van der Waals surface area (Å²) in [7, 11) is 0. The molecule has 1 atom stereocenters. The minimum atomic E-state index is -4.43. The number of alkyl halides is 3. The number of aryl methyl sites for hydroxylation is 1. The van der Waals surface area contributed by atoms with Gasteiger partial charge in [-0.15, -0.1) is 0 Å². The Morgan fingerprint density at radius 2 is 1.76 bits per heavy atom. The zero-order chi connectivity index (χ0) is 15.9. The molecule has 21 heavy (non-hydrogen) atoms. The lowest BCUT2D eigenvalue weighted by atomic mass is 9.76. The van der Waals surface area contributed by atoms with Gasteiger partial charge in [-0.2, -0.15) is 13.2 Å². The fraction of sp³-hybridized carbons (Fsp3) is 0.562. The molecule has 1 rings (SSSR count). The fourth-order valence-electron chi connectivity index (χ4n) is 2.35. The van der Waals surface area contributed by atoms with Crippen molar-refractivity contribution in [3.05, 3.63) is 35.9 Å². The van der Waals surface area contributed by atoms with E-state index < -0.39 is 24.0 Å². The number of hydrogen-bond donors (Lipinski definition) is 0. The molecule has 0 heterocycles. The highest BCUT2D eigenvalue weighted by molar-refractivity contribution is 5.70. The first-order valence-electron chi connectivity index (χ1n) is 7.11. The Bertz CT molecular complexity index is 443. The summed E-state index contributed by atoms with van der Waals surface area (Å²) >= 11 is 0. The molecule has 0 saturated carbocycles. The Kier molecular flexibility index (Phi) is 6.24. The summed E-state index contributed by atoms with van der Waals surface area (Å²) in [6.45, 7) is 3.15. The Morgan fingerprint density at radius 3 is 2.24 bits per heavy atom. The van der Waals surface area contributed by atoms with Gasteiger partial charge in [0.15, 0.2) is 0 Å². The molecule has 0 radical (unpaired) electrons. The first-order chi connectivity index (χ1) is 9.84. The standard InChI is InChI=1S/C16H21F3O2/c1-3-15(16(17,18)19,12-14(20)21-4-2)11-10-13-8-6-5-7-9-13/h5-9H,3-4,10-12H2,1-2H3. The number of halogens is 3. The highest BCUT2D eigenvalue weighted by Gasteiger charge is 2.54. The van der Waals surface area contributed by atoms with E-state index in [0.717, 1.165) is 5.56 Å². The molecule has 0 spiro atoms. The maximum Gasteiger partial charge on any atom is 0.395 e. The highest BCUT2D eigenvalue weighted by atomic mass is 19.4. The summed E-state index contributed by atoms with van der Waals surface area (Å²) < 4.78 is 45.1. The van der Waals surface area contributed by atoms with Crippen LogP contribution in [0, 0.1) is 5.41 Å². The van der Waals surface area contributed by atoms with Crippen molar-refractivity contribution in [3.63, 3.8) is 0 Å². The van der Waals surface area contributed by atoms with Crippen molar-refractivity contribution in [2.75, 3.05) is 6.61 Å². The number of carbonyl (C=O) groups is 1. The smallest absolute Gasteiger partial charge is 0.395 e. The summed E-state index contributed by atoms with van der Waals surface area (Å²) in [5, 5.41) is 0. The van der Waals surface area contributed by atoms with Crippen molar-refractivity contribution in [3.8, 4) is 0 Å². The summed E-state index contributed by atoms with van der Waals surface area (Å²) in [6.07, 6.45) is -5.01. The minimum absolute atomic E-state index is 0.0924. The van der Waals surface area contributed by atoms with E-state index in [2.05, 4.69) is 0 Å². The van der Waals surface area contributed by atoms with Crippen LogP contribution in [0.1, 0.15) is 38.7 Å². The van der Waals surface area contributed by atoms with Crippen LogP contribution in [0.3, 0.4) is 0 Å². The van der Waals surface area contributed by atoms with E-state index in [1.807, 2.05) is 6.07 Å². The maximum absolute atomic E-state index is 13.5. The number of esters is 1. The normalized spacial score (nSPS) is 14.5. The third-order valence-electron chi connectivity index (χ3n) is 3.80. The van der Waals surface area contributed by atoms with Crippen LogP contribution in [0.15, 0.2) is 30.3 Å². The minimum Gasteiger partial charge on any atom is -0.466 e. The van der Waals surface area contributed by atoms with Crippen molar-refractivity contribution >= 4 is 5.97 Å². The van der Waals surface area contributed by atoms with Gasteiger partial charge in [-0.05, 0) is 31.7 Å². The van der Waals surface area contributed by atoms with E-state index in [-0.39, 0.29) is 25.9 Å². The van der Waals surface area contributed by atoms with Crippen LogP contribution in [0.2, 0.25) is 0 Å². The van der Waals surface area contributed by atoms with Crippen molar-refractivity contribution in [1.82, 2.24) is 0 Å². The molecular weight excluding hydrogens is 281 g/mol. The van der Waals surface area contributed by atoms with Gasteiger partial charge in [0.25, 0.3) is 0 Å². The monoisotopic (exact) mass is 302 g/mol. The molecule has 0 aliphatic carbocycles.